The second-order valence-electron chi connectivity index (χ2n) is 5.39. The first kappa shape index (κ1) is 16.0. The lowest BCUT2D eigenvalue weighted by molar-refractivity contribution is -0.125. The molecule has 1 unspecified atom stereocenters. The Morgan fingerprint density at radius 1 is 1.43 bits per heavy atom. The number of hydrogen-bond donors (Lipinski definition) is 1. The number of rotatable bonds is 4. The minimum Gasteiger partial charge on any atom is -0.382 e. The number of nitrogens with zero attached hydrogens (tertiary/aromatic N) is 1. The van der Waals surface area contributed by atoms with Crippen molar-refractivity contribution >= 4 is 40.2 Å². The highest BCUT2D eigenvalue weighted by Crippen LogP contribution is 2.27. The molecule has 0 saturated heterocycles. The number of benzene rings is 1. The van der Waals surface area contributed by atoms with Gasteiger partial charge in [0.25, 0.3) is 5.91 Å². The highest BCUT2D eigenvalue weighted by atomic mass is 35.5. The smallest absolute Gasteiger partial charge is 0.268 e. The van der Waals surface area contributed by atoms with Crippen LogP contribution >= 0.6 is 22.9 Å². The second kappa shape index (κ2) is 6.72. The molecule has 1 aliphatic rings. The number of nitrogens with one attached hydrogen (secondary N) is 1. The van der Waals surface area contributed by atoms with Crippen LogP contribution in [0.4, 0.5) is 5.69 Å². The van der Waals surface area contributed by atoms with Crippen LogP contribution < -0.4 is 5.32 Å². The van der Waals surface area contributed by atoms with Crippen LogP contribution in [0.3, 0.4) is 0 Å². The van der Waals surface area contributed by atoms with Gasteiger partial charge in [-0.1, -0.05) is 41.9 Å². The fourth-order valence-corrected chi connectivity index (χ4v) is 3.57. The van der Waals surface area contributed by atoms with Gasteiger partial charge in [0.15, 0.2) is 0 Å². The molecule has 120 valence electrons. The Kier molecular flexibility index (Phi) is 4.68. The maximum absolute atomic E-state index is 12.5. The third-order valence-corrected chi connectivity index (χ3v) is 5.09. The summed E-state index contributed by atoms with van der Waals surface area (Å²) in [6, 6.07) is 9.72. The molecule has 0 saturated carbocycles. The van der Waals surface area contributed by atoms with Crippen molar-refractivity contribution < 1.29 is 9.63 Å². The zero-order valence-electron chi connectivity index (χ0n) is 12.9. The molecule has 1 aromatic carbocycles. The van der Waals surface area contributed by atoms with Crippen molar-refractivity contribution in [2.75, 3.05) is 5.32 Å². The van der Waals surface area contributed by atoms with Crippen LogP contribution in [-0.4, -0.2) is 17.7 Å². The number of anilines is 1. The van der Waals surface area contributed by atoms with Crippen molar-refractivity contribution in [1.29, 1.82) is 0 Å². The van der Waals surface area contributed by atoms with Crippen LogP contribution in [0.25, 0.3) is 0 Å². The van der Waals surface area contributed by atoms with Gasteiger partial charge in [-0.2, -0.15) is 0 Å². The second-order valence-corrected chi connectivity index (χ2v) is 7.11. The van der Waals surface area contributed by atoms with Crippen LogP contribution in [-0.2, 0) is 16.1 Å². The first-order valence-electron chi connectivity index (χ1n) is 7.46. The van der Waals surface area contributed by atoms with Crippen molar-refractivity contribution in [3.05, 3.63) is 50.7 Å². The Balaban J connectivity index is 1.69. The van der Waals surface area contributed by atoms with Crippen molar-refractivity contribution in [3.63, 3.8) is 0 Å². The van der Waals surface area contributed by atoms with E-state index in [1.54, 1.807) is 0 Å². The van der Waals surface area contributed by atoms with Gasteiger partial charge in [-0.25, -0.2) is 0 Å². The number of halogens is 1. The molecular weight excluding hydrogens is 332 g/mol. The topological polar surface area (TPSA) is 50.7 Å². The lowest BCUT2D eigenvalue weighted by Gasteiger charge is -2.15. The number of thiophene rings is 1. The average molecular weight is 349 g/mol. The van der Waals surface area contributed by atoms with Gasteiger partial charge in [-0.15, -0.1) is 11.3 Å². The number of carbonyl (C=O) groups is 1. The fraction of sp³-hybridized carbons (Fsp3) is 0.294. The lowest BCUT2D eigenvalue weighted by atomic mass is 10.0. The molecule has 0 radical (unpaired) electrons. The molecule has 1 aliphatic heterocycles. The third kappa shape index (κ3) is 3.41. The molecule has 0 bridgehead atoms. The number of hydrogen-bond acceptors (Lipinski definition) is 4. The standard InChI is InChI=1S/C17H17ClN2O2S/c1-3-11-6-4-5-10(2)16(11)19-17(21)13-9-12(20-22-13)14-7-8-15(18)23-14/h4-8,13H,3,9H2,1-2H3,(H,19,21). The van der Waals surface area contributed by atoms with E-state index in [1.807, 2.05) is 37.3 Å². The van der Waals surface area contributed by atoms with Crippen LogP contribution in [0.2, 0.25) is 4.34 Å². The minimum atomic E-state index is -0.602. The van der Waals surface area contributed by atoms with Gasteiger partial charge in [-0.05, 0) is 36.6 Å². The van der Waals surface area contributed by atoms with E-state index in [4.69, 9.17) is 16.4 Å². The van der Waals surface area contributed by atoms with Crippen molar-refractivity contribution in [2.45, 2.75) is 32.8 Å². The van der Waals surface area contributed by atoms with Crippen LogP contribution in [0, 0.1) is 6.92 Å². The normalized spacial score (nSPS) is 16.8. The summed E-state index contributed by atoms with van der Waals surface area (Å²) in [7, 11) is 0. The molecule has 1 N–H and O–H groups in total. The average Bonchev–Trinajstić information content (AvgIpc) is 3.18. The molecule has 4 nitrogen and oxygen atoms in total. The quantitative estimate of drug-likeness (QED) is 0.890. The van der Waals surface area contributed by atoms with E-state index in [0.717, 1.165) is 33.8 Å². The molecule has 0 aliphatic carbocycles. The van der Waals surface area contributed by atoms with E-state index < -0.39 is 6.10 Å². The summed E-state index contributed by atoms with van der Waals surface area (Å²) < 4.78 is 0.697. The zero-order chi connectivity index (χ0) is 16.4. The summed E-state index contributed by atoms with van der Waals surface area (Å²) in [5.74, 6) is -0.171. The maximum atomic E-state index is 12.5. The number of amides is 1. The van der Waals surface area contributed by atoms with Gasteiger partial charge >= 0.3 is 0 Å². The van der Waals surface area contributed by atoms with Gasteiger partial charge in [0.05, 0.1) is 9.21 Å². The van der Waals surface area contributed by atoms with Gasteiger partial charge in [0, 0.05) is 12.1 Å². The van der Waals surface area contributed by atoms with E-state index in [2.05, 4.69) is 17.4 Å². The predicted octanol–water partition coefficient (Wildman–Crippen LogP) is 4.40. The highest BCUT2D eigenvalue weighted by molar-refractivity contribution is 7.18. The molecule has 2 heterocycles. The Morgan fingerprint density at radius 3 is 2.96 bits per heavy atom. The molecule has 1 aromatic heterocycles. The molecular formula is C17H17ClN2O2S. The molecule has 6 heteroatoms. The Bertz CT molecular complexity index is 770. The zero-order valence-corrected chi connectivity index (χ0v) is 14.5. The molecule has 0 spiro atoms. The van der Waals surface area contributed by atoms with Gasteiger partial charge < -0.3 is 10.2 Å². The van der Waals surface area contributed by atoms with Crippen LogP contribution in [0.1, 0.15) is 29.3 Å². The van der Waals surface area contributed by atoms with Gasteiger partial charge in [0.1, 0.15) is 5.71 Å². The van der Waals surface area contributed by atoms with Crippen LogP contribution in [0.15, 0.2) is 35.5 Å². The molecule has 1 atom stereocenters. The van der Waals surface area contributed by atoms with Gasteiger partial charge in [0.2, 0.25) is 6.10 Å². The first-order chi connectivity index (χ1) is 11.1. The summed E-state index contributed by atoms with van der Waals surface area (Å²) in [5, 5.41) is 7.02. The largest absolute Gasteiger partial charge is 0.382 e. The number of para-hydroxylation sites is 1. The lowest BCUT2D eigenvalue weighted by Crippen LogP contribution is -2.28. The van der Waals surface area contributed by atoms with E-state index in [9.17, 15) is 4.79 Å². The van der Waals surface area contributed by atoms with Crippen molar-refractivity contribution in [2.24, 2.45) is 5.16 Å². The highest BCUT2D eigenvalue weighted by Gasteiger charge is 2.30. The Labute approximate surface area is 144 Å². The summed E-state index contributed by atoms with van der Waals surface area (Å²) in [5.41, 5.74) is 3.79. The van der Waals surface area contributed by atoms with Crippen molar-refractivity contribution in [1.82, 2.24) is 0 Å². The van der Waals surface area contributed by atoms with E-state index >= 15 is 0 Å². The monoisotopic (exact) mass is 348 g/mol. The molecule has 1 amide bonds. The minimum absolute atomic E-state index is 0.171. The summed E-state index contributed by atoms with van der Waals surface area (Å²) in [6.07, 6.45) is 0.712. The number of aryl methyl sites for hydroxylation is 2. The Morgan fingerprint density at radius 2 is 2.26 bits per heavy atom. The van der Waals surface area contributed by atoms with Gasteiger partial charge in [-0.3, -0.25) is 4.79 Å². The van der Waals surface area contributed by atoms with Crippen molar-refractivity contribution in [3.8, 4) is 0 Å². The van der Waals surface area contributed by atoms with E-state index in [1.165, 1.54) is 11.3 Å². The predicted molar refractivity (Wildman–Crippen MR) is 94.5 cm³/mol. The molecule has 0 fully saturated rings. The first-order valence-corrected chi connectivity index (χ1v) is 8.65. The Hall–Kier alpha value is -1.85. The number of carbonyl (C=O) groups excluding carboxylic acids is 1. The molecule has 2 aromatic rings. The molecule has 23 heavy (non-hydrogen) atoms. The summed E-state index contributed by atoms with van der Waals surface area (Å²) in [4.78, 5) is 18.7. The van der Waals surface area contributed by atoms with E-state index in [0.29, 0.717) is 10.8 Å². The third-order valence-electron chi connectivity index (χ3n) is 3.81. The molecule has 3 rings (SSSR count). The summed E-state index contributed by atoms with van der Waals surface area (Å²) >= 11 is 7.37. The summed E-state index contributed by atoms with van der Waals surface area (Å²) in [6.45, 7) is 4.05. The SMILES string of the molecule is CCc1cccc(C)c1NC(=O)C1CC(c2ccc(Cl)s2)=NO1. The maximum Gasteiger partial charge on any atom is 0.268 e. The fourth-order valence-electron chi connectivity index (χ4n) is 2.54. The van der Waals surface area contributed by atoms with E-state index in [-0.39, 0.29) is 5.91 Å². The number of oxime groups is 1. The van der Waals surface area contributed by atoms with Crippen LogP contribution in [0.5, 0.6) is 0 Å².